The van der Waals surface area contributed by atoms with Gasteiger partial charge in [-0.1, -0.05) is 0 Å². The third kappa shape index (κ3) is 2.82. The van der Waals surface area contributed by atoms with Crippen LogP contribution in [0.15, 0.2) is 12.3 Å². The minimum absolute atomic E-state index is 0.169. The number of rotatable bonds is 5. The number of hydrogen-bond donors (Lipinski definition) is 2. The average Bonchev–Trinajstić information content (AvgIpc) is 2.96. The molecule has 2 aromatic heterocycles. The van der Waals surface area contributed by atoms with Gasteiger partial charge in [-0.15, -0.1) is 0 Å². The van der Waals surface area contributed by atoms with E-state index in [1.165, 1.54) is 18.8 Å². The van der Waals surface area contributed by atoms with Gasteiger partial charge in [-0.25, -0.2) is 4.68 Å². The smallest absolute Gasteiger partial charge is 0.322 e. The molecule has 9 nitrogen and oxygen atoms in total. The first kappa shape index (κ1) is 13.7. The van der Waals surface area contributed by atoms with Gasteiger partial charge < -0.3 is 15.4 Å². The van der Waals surface area contributed by atoms with Crippen LogP contribution in [0, 0.1) is 0 Å². The number of aromatic nitrogens is 5. The van der Waals surface area contributed by atoms with Crippen LogP contribution in [0.25, 0.3) is 5.95 Å². The lowest BCUT2D eigenvalue weighted by Gasteiger charge is -2.06. The molecule has 0 unspecified atom stereocenters. The quantitative estimate of drug-likeness (QED) is 0.783. The van der Waals surface area contributed by atoms with E-state index in [1.807, 2.05) is 6.92 Å². The van der Waals surface area contributed by atoms with Gasteiger partial charge in [0, 0.05) is 19.8 Å². The summed E-state index contributed by atoms with van der Waals surface area (Å²) in [5.74, 6) is 0.367. The number of anilines is 1. The maximum absolute atomic E-state index is 11.5. The second-order valence-electron chi connectivity index (χ2n) is 3.70. The molecule has 0 bridgehead atoms. The van der Waals surface area contributed by atoms with Crippen LogP contribution in [0.4, 0.5) is 5.95 Å². The van der Waals surface area contributed by atoms with Gasteiger partial charge in [0.1, 0.15) is 0 Å². The molecule has 20 heavy (non-hydrogen) atoms. The molecule has 0 fully saturated rings. The maximum atomic E-state index is 11.5. The summed E-state index contributed by atoms with van der Waals surface area (Å²) in [6.45, 7) is 2.59. The number of nitrogens with zero attached hydrogens (tertiary/aromatic N) is 5. The molecular formula is C11H15N7O2. The largest absolute Gasteiger partial charge is 0.467 e. The highest BCUT2D eigenvalue weighted by molar-refractivity contribution is 5.91. The minimum Gasteiger partial charge on any atom is -0.467 e. The van der Waals surface area contributed by atoms with Gasteiger partial charge >= 0.3 is 6.01 Å². The summed E-state index contributed by atoms with van der Waals surface area (Å²) in [7, 11) is 3.00. The molecule has 1 amide bonds. The van der Waals surface area contributed by atoms with E-state index < -0.39 is 0 Å². The minimum atomic E-state index is -0.281. The number of carbonyl (C=O) groups excluding carboxylic acids is 1. The number of ether oxygens (including phenoxy) is 1. The average molecular weight is 277 g/mol. The van der Waals surface area contributed by atoms with Crippen molar-refractivity contribution in [2.45, 2.75) is 6.92 Å². The Morgan fingerprint density at radius 2 is 2.20 bits per heavy atom. The summed E-state index contributed by atoms with van der Waals surface area (Å²) in [4.78, 5) is 23.8. The Labute approximate surface area is 115 Å². The molecule has 0 saturated carbocycles. The number of carbonyl (C=O) groups is 1. The van der Waals surface area contributed by atoms with Crippen molar-refractivity contribution in [1.82, 2.24) is 30.0 Å². The Balaban J connectivity index is 2.38. The zero-order chi connectivity index (χ0) is 14.5. The molecule has 106 valence electrons. The summed E-state index contributed by atoms with van der Waals surface area (Å²) in [5, 5.41) is 9.56. The zero-order valence-corrected chi connectivity index (χ0v) is 11.4. The molecule has 2 rings (SSSR count). The van der Waals surface area contributed by atoms with Crippen LogP contribution in [0.5, 0.6) is 6.01 Å². The zero-order valence-electron chi connectivity index (χ0n) is 11.4. The van der Waals surface area contributed by atoms with Crippen molar-refractivity contribution in [3.05, 3.63) is 18.0 Å². The first-order valence-corrected chi connectivity index (χ1v) is 6.00. The predicted octanol–water partition coefficient (Wildman–Crippen LogP) is -0.143. The van der Waals surface area contributed by atoms with E-state index in [1.54, 1.807) is 12.3 Å². The van der Waals surface area contributed by atoms with Crippen LogP contribution in [-0.2, 0) is 0 Å². The SMILES string of the molecule is CCNc1nc(OC)nc(-n2ccc(C(=O)NC)n2)n1. The summed E-state index contributed by atoms with van der Waals surface area (Å²) in [5.41, 5.74) is 0.275. The van der Waals surface area contributed by atoms with E-state index >= 15 is 0 Å². The fraction of sp³-hybridized carbons (Fsp3) is 0.364. The Hall–Kier alpha value is -2.71. The highest BCUT2D eigenvalue weighted by Gasteiger charge is 2.12. The van der Waals surface area contributed by atoms with Crippen LogP contribution in [0.2, 0.25) is 0 Å². The number of nitrogens with one attached hydrogen (secondary N) is 2. The highest BCUT2D eigenvalue weighted by Crippen LogP contribution is 2.10. The molecule has 9 heteroatoms. The molecule has 0 aromatic carbocycles. The van der Waals surface area contributed by atoms with Gasteiger partial charge in [0.25, 0.3) is 11.9 Å². The number of hydrogen-bond acceptors (Lipinski definition) is 7. The first-order chi connectivity index (χ1) is 9.67. The molecular weight excluding hydrogens is 262 g/mol. The summed E-state index contributed by atoms with van der Waals surface area (Å²) < 4.78 is 6.40. The standard InChI is InChI=1S/C11H15N7O2/c1-4-13-9-14-10(16-11(15-9)20-3)18-6-5-7(17-18)8(19)12-2/h5-6H,4H2,1-3H3,(H,12,19)(H,13,14,15,16). The van der Waals surface area contributed by atoms with E-state index in [4.69, 9.17) is 4.74 Å². The summed E-state index contributed by atoms with van der Waals surface area (Å²) in [6.07, 6.45) is 1.59. The second kappa shape index (κ2) is 5.95. The van der Waals surface area contributed by atoms with Crippen molar-refractivity contribution in [3.63, 3.8) is 0 Å². The maximum Gasteiger partial charge on any atom is 0.322 e. The molecule has 2 N–H and O–H groups in total. The van der Waals surface area contributed by atoms with Gasteiger partial charge in [-0.2, -0.15) is 20.1 Å². The monoisotopic (exact) mass is 277 g/mol. The van der Waals surface area contributed by atoms with Gasteiger partial charge in [-0.3, -0.25) is 4.79 Å². The first-order valence-electron chi connectivity index (χ1n) is 6.00. The van der Waals surface area contributed by atoms with Gasteiger partial charge in [-0.05, 0) is 13.0 Å². The fourth-order valence-corrected chi connectivity index (χ4v) is 1.46. The molecule has 0 aliphatic heterocycles. The van der Waals surface area contributed by atoms with E-state index in [2.05, 4.69) is 30.7 Å². The van der Waals surface area contributed by atoms with E-state index in [0.29, 0.717) is 12.5 Å². The molecule has 0 saturated heterocycles. The van der Waals surface area contributed by atoms with E-state index in [9.17, 15) is 4.79 Å². The van der Waals surface area contributed by atoms with Crippen LogP contribution in [0.3, 0.4) is 0 Å². The van der Waals surface area contributed by atoms with Gasteiger partial charge in [0.2, 0.25) is 5.95 Å². The number of amides is 1. The van der Waals surface area contributed by atoms with Gasteiger partial charge in [0.05, 0.1) is 7.11 Å². The Bertz CT molecular complexity index is 611. The molecule has 2 aromatic rings. The number of methoxy groups -OCH3 is 1. The van der Waals surface area contributed by atoms with Crippen molar-refractivity contribution < 1.29 is 9.53 Å². The Morgan fingerprint density at radius 3 is 2.85 bits per heavy atom. The highest BCUT2D eigenvalue weighted by atomic mass is 16.5. The Morgan fingerprint density at radius 1 is 1.40 bits per heavy atom. The lowest BCUT2D eigenvalue weighted by Crippen LogP contribution is -2.19. The summed E-state index contributed by atoms with van der Waals surface area (Å²) in [6, 6.07) is 1.74. The van der Waals surface area contributed by atoms with Crippen molar-refractivity contribution >= 4 is 11.9 Å². The van der Waals surface area contributed by atoms with Crippen molar-refractivity contribution in [2.24, 2.45) is 0 Å². The Kier molecular flexibility index (Phi) is 4.08. The lowest BCUT2D eigenvalue weighted by atomic mass is 10.4. The van der Waals surface area contributed by atoms with Crippen LogP contribution >= 0.6 is 0 Å². The normalized spacial score (nSPS) is 10.2. The van der Waals surface area contributed by atoms with Crippen LogP contribution < -0.4 is 15.4 Å². The van der Waals surface area contributed by atoms with Crippen LogP contribution in [0.1, 0.15) is 17.4 Å². The third-order valence-electron chi connectivity index (χ3n) is 2.37. The van der Waals surface area contributed by atoms with Crippen molar-refractivity contribution in [2.75, 3.05) is 26.0 Å². The molecule has 0 aliphatic carbocycles. The molecule has 2 heterocycles. The fourth-order valence-electron chi connectivity index (χ4n) is 1.46. The van der Waals surface area contributed by atoms with Crippen molar-refractivity contribution in [1.29, 1.82) is 0 Å². The molecule has 0 spiro atoms. The third-order valence-corrected chi connectivity index (χ3v) is 2.37. The van der Waals surface area contributed by atoms with E-state index in [0.717, 1.165) is 0 Å². The lowest BCUT2D eigenvalue weighted by molar-refractivity contribution is 0.0957. The summed E-state index contributed by atoms with van der Waals surface area (Å²) >= 11 is 0. The van der Waals surface area contributed by atoms with Crippen LogP contribution in [-0.4, -0.2) is 51.3 Å². The van der Waals surface area contributed by atoms with E-state index in [-0.39, 0.29) is 23.6 Å². The second-order valence-corrected chi connectivity index (χ2v) is 3.70. The molecule has 0 aliphatic rings. The van der Waals surface area contributed by atoms with Crippen molar-refractivity contribution in [3.8, 4) is 12.0 Å². The van der Waals surface area contributed by atoms with Gasteiger partial charge in [0.15, 0.2) is 5.69 Å². The topological polar surface area (TPSA) is 107 Å². The molecule has 0 radical (unpaired) electrons. The predicted molar refractivity (Wildman–Crippen MR) is 71.1 cm³/mol. The molecule has 0 atom stereocenters.